The fourth-order valence-corrected chi connectivity index (χ4v) is 4.86. The first kappa shape index (κ1) is 12.9. The van der Waals surface area contributed by atoms with Crippen molar-refractivity contribution < 1.29 is 13.2 Å². The van der Waals surface area contributed by atoms with Crippen LogP contribution in [0, 0.1) is 6.92 Å². The second kappa shape index (κ2) is 4.47. The Morgan fingerprint density at radius 3 is 2.58 bits per heavy atom. The zero-order valence-electron chi connectivity index (χ0n) is 11.2. The molecule has 0 saturated carbocycles. The number of hydrogen-bond acceptors (Lipinski definition) is 3. The molecule has 0 aromatic carbocycles. The van der Waals surface area contributed by atoms with E-state index in [4.69, 9.17) is 0 Å². The Morgan fingerprint density at radius 2 is 1.89 bits per heavy atom. The number of sulfone groups is 1. The molecule has 1 aromatic rings. The quantitative estimate of drug-likeness (QED) is 0.792. The number of carbonyl (C=O) groups excluding carboxylic acids is 1. The van der Waals surface area contributed by atoms with Crippen LogP contribution in [0.5, 0.6) is 0 Å². The standard InChI is InChI=1S/C14H19NO3S/c1-10-9-12-13(3-2-4-14(12)16)15(10)11-5-7-19(17,18)8-6-11/h9,11H,2-8H2,1H3. The van der Waals surface area contributed by atoms with Crippen molar-refractivity contribution in [3.8, 4) is 0 Å². The van der Waals surface area contributed by atoms with Crippen LogP contribution in [0.1, 0.15) is 53.5 Å². The average Bonchev–Trinajstić information content (AvgIpc) is 2.68. The average molecular weight is 281 g/mol. The van der Waals surface area contributed by atoms with Gasteiger partial charge in [0.25, 0.3) is 0 Å². The minimum atomic E-state index is -2.83. The van der Waals surface area contributed by atoms with Crippen LogP contribution in [0.4, 0.5) is 0 Å². The van der Waals surface area contributed by atoms with Crippen LogP contribution in [0.3, 0.4) is 0 Å². The van der Waals surface area contributed by atoms with Gasteiger partial charge in [0.2, 0.25) is 0 Å². The molecule has 3 rings (SSSR count). The van der Waals surface area contributed by atoms with E-state index in [-0.39, 0.29) is 23.3 Å². The molecular weight excluding hydrogens is 262 g/mol. The monoisotopic (exact) mass is 281 g/mol. The molecule has 0 radical (unpaired) electrons. The Kier molecular flexibility index (Phi) is 3.04. The van der Waals surface area contributed by atoms with Gasteiger partial charge in [-0.3, -0.25) is 4.79 Å². The molecule has 2 heterocycles. The van der Waals surface area contributed by atoms with Gasteiger partial charge in [-0.1, -0.05) is 0 Å². The largest absolute Gasteiger partial charge is 0.345 e. The number of nitrogens with zero attached hydrogens (tertiary/aromatic N) is 1. The summed E-state index contributed by atoms with van der Waals surface area (Å²) in [7, 11) is -2.83. The van der Waals surface area contributed by atoms with Gasteiger partial charge in [0.15, 0.2) is 5.78 Å². The summed E-state index contributed by atoms with van der Waals surface area (Å²) in [6, 6.07) is 2.23. The number of carbonyl (C=O) groups is 1. The van der Waals surface area contributed by atoms with E-state index in [1.54, 1.807) is 0 Å². The van der Waals surface area contributed by atoms with Crippen molar-refractivity contribution in [3.63, 3.8) is 0 Å². The number of ketones is 1. The lowest BCUT2D eigenvalue weighted by Crippen LogP contribution is -2.27. The van der Waals surface area contributed by atoms with Crippen molar-refractivity contribution in [3.05, 3.63) is 23.0 Å². The van der Waals surface area contributed by atoms with Crippen LogP contribution in [-0.4, -0.2) is 30.3 Å². The van der Waals surface area contributed by atoms with Gasteiger partial charge < -0.3 is 4.57 Å². The predicted molar refractivity (Wildman–Crippen MR) is 73.4 cm³/mol. The Bertz CT molecular complexity index is 613. The Hall–Kier alpha value is -1.10. The maximum Gasteiger partial charge on any atom is 0.164 e. The molecule has 0 unspecified atom stereocenters. The molecule has 0 atom stereocenters. The van der Waals surface area contributed by atoms with E-state index in [2.05, 4.69) is 4.57 Å². The summed E-state index contributed by atoms with van der Waals surface area (Å²) in [5.41, 5.74) is 3.11. The van der Waals surface area contributed by atoms with E-state index in [9.17, 15) is 13.2 Å². The lowest BCUT2D eigenvalue weighted by atomic mass is 9.96. The molecule has 0 amide bonds. The van der Waals surface area contributed by atoms with E-state index >= 15 is 0 Å². The van der Waals surface area contributed by atoms with Gasteiger partial charge in [-0.15, -0.1) is 0 Å². The van der Waals surface area contributed by atoms with Gasteiger partial charge in [-0.05, 0) is 38.7 Å². The van der Waals surface area contributed by atoms with Gasteiger partial charge in [-0.2, -0.15) is 0 Å². The van der Waals surface area contributed by atoms with Gasteiger partial charge in [0.05, 0.1) is 11.5 Å². The molecule has 1 aromatic heterocycles. The summed E-state index contributed by atoms with van der Waals surface area (Å²) in [5.74, 6) is 0.794. The van der Waals surface area contributed by atoms with Crippen LogP contribution in [0.15, 0.2) is 6.07 Å². The number of aromatic nitrogens is 1. The number of hydrogen-bond donors (Lipinski definition) is 0. The van der Waals surface area contributed by atoms with Crippen LogP contribution in [0.25, 0.3) is 0 Å². The van der Waals surface area contributed by atoms with Crippen LogP contribution < -0.4 is 0 Å². The van der Waals surface area contributed by atoms with Gasteiger partial charge >= 0.3 is 0 Å². The normalized spacial score (nSPS) is 23.3. The topological polar surface area (TPSA) is 56.1 Å². The van der Waals surface area contributed by atoms with Crippen LogP contribution in [-0.2, 0) is 16.3 Å². The van der Waals surface area contributed by atoms with E-state index in [1.165, 1.54) is 0 Å². The third kappa shape index (κ3) is 2.24. The highest BCUT2D eigenvalue weighted by molar-refractivity contribution is 7.91. The fraction of sp³-hybridized carbons (Fsp3) is 0.643. The molecule has 0 N–H and O–H groups in total. The summed E-state index contributed by atoms with van der Waals surface area (Å²) in [6.45, 7) is 2.02. The number of Topliss-reactive ketones (excluding diaryl/α,β-unsaturated/α-hetero) is 1. The van der Waals surface area contributed by atoms with Crippen LogP contribution in [0.2, 0.25) is 0 Å². The van der Waals surface area contributed by atoms with Crippen molar-refractivity contribution in [2.24, 2.45) is 0 Å². The van der Waals surface area contributed by atoms with Crippen molar-refractivity contribution in [2.45, 2.75) is 45.1 Å². The minimum absolute atomic E-state index is 0.242. The Labute approximate surface area is 113 Å². The summed E-state index contributed by atoms with van der Waals surface area (Å²) in [6.07, 6.45) is 3.87. The molecule has 4 nitrogen and oxygen atoms in total. The molecular formula is C14H19NO3S. The molecule has 1 aliphatic heterocycles. The highest BCUT2D eigenvalue weighted by Gasteiger charge is 2.30. The van der Waals surface area contributed by atoms with E-state index in [0.717, 1.165) is 29.8 Å². The first-order chi connectivity index (χ1) is 8.98. The highest BCUT2D eigenvalue weighted by atomic mass is 32.2. The van der Waals surface area contributed by atoms with Crippen molar-refractivity contribution in [2.75, 3.05) is 11.5 Å². The molecule has 19 heavy (non-hydrogen) atoms. The maximum atomic E-state index is 11.9. The minimum Gasteiger partial charge on any atom is -0.345 e. The van der Waals surface area contributed by atoms with Gasteiger partial charge in [0, 0.05) is 29.4 Å². The molecule has 1 saturated heterocycles. The third-order valence-electron chi connectivity index (χ3n) is 4.34. The Morgan fingerprint density at radius 1 is 1.21 bits per heavy atom. The van der Waals surface area contributed by atoms with Crippen molar-refractivity contribution in [1.82, 2.24) is 4.57 Å². The predicted octanol–water partition coefficient (Wildman–Crippen LogP) is 2.07. The van der Waals surface area contributed by atoms with E-state index in [1.807, 2.05) is 13.0 Å². The third-order valence-corrected chi connectivity index (χ3v) is 6.06. The van der Waals surface area contributed by atoms with Gasteiger partial charge in [0.1, 0.15) is 9.84 Å². The summed E-state index contributed by atoms with van der Waals surface area (Å²) >= 11 is 0. The molecule has 1 fully saturated rings. The molecule has 0 bridgehead atoms. The first-order valence-electron chi connectivity index (χ1n) is 6.92. The maximum absolute atomic E-state index is 11.9. The molecule has 1 aliphatic carbocycles. The lowest BCUT2D eigenvalue weighted by Gasteiger charge is -2.28. The zero-order valence-corrected chi connectivity index (χ0v) is 12.0. The molecule has 0 spiro atoms. The van der Waals surface area contributed by atoms with E-state index in [0.29, 0.717) is 19.3 Å². The number of aryl methyl sites for hydroxylation is 1. The molecule has 5 heteroatoms. The lowest BCUT2D eigenvalue weighted by molar-refractivity contribution is 0.0971. The van der Waals surface area contributed by atoms with Crippen molar-refractivity contribution in [1.29, 1.82) is 0 Å². The fourth-order valence-electron chi connectivity index (χ4n) is 3.40. The van der Waals surface area contributed by atoms with Crippen molar-refractivity contribution >= 4 is 15.6 Å². The SMILES string of the molecule is Cc1cc2c(n1C1CCS(=O)(=O)CC1)CCCC2=O. The molecule has 2 aliphatic rings. The van der Waals surface area contributed by atoms with E-state index < -0.39 is 9.84 Å². The molecule has 104 valence electrons. The Balaban J connectivity index is 1.96. The smallest absolute Gasteiger partial charge is 0.164 e. The number of rotatable bonds is 1. The zero-order chi connectivity index (χ0) is 13.6. The number of fused-ring (bicyclic) bond motifs is 1. The second-order valence-electron chi connectivity index (χ2n) is 5.68. The van der Waals surface area contributed by atoms with Gasteiger partial charge in [-0.25, -0.2) is 8.42 Å². The second-order valence-corrected chi connectivity index (χ2v) is 7.98. The first-order valence-corrected chi connectivity index (χ1v) is 8.74. The highest BCUT2D eigenvalue weighted by Crippen LogP contribution is 2.32. The summed E-state index contributed by atoms with van der Waals surface area (Å²) < 4.78 is 25.3. The summed E-state index contributed by atoms with van der Waals surface area (Å²) in [5, 5.41) is 0. The summed E-state index contributed by atoms with van der Waals surface area (Å²) in [4.78, 5) is 11.9. The van der Waals surface area contributed by atoms with Crippen LogP contribution >= 0.6 is 0 Å².